The van der Waals surface area contributed by atoms with Crippen LogP contribution in [0.5, 0.6) is 0 Å². The maximum Gasteiger partial charge on any atom is 0.0489 e. The molecule has 0 amide bonds. The summed E-state index contributed by atoms with van der Waals surface area (Å²) in [6.45, 7) is 2.93. The predicted octanol–water partition coefficient (Wildman–Crippen LogP) is 5.52. The number of halogens is 1. The first-order valence-corrected chi connectivity index (χ1v) is 7.49. The molecule has 20 heavy (non-hydrogen) atoms. The zero-order valence-electron chi connectivity index (χ0n) is 11.4. The summed E-state index contributed by atoms with van der Waals surface area (Å²) in [6, 6.07) is 21.4. The van der Waals surface area contributed by atoms with Crippen LogP contribution in [0.25, 0.3) is 10.8 Å². The molecule has 0 aliphatic carbocycles. The molecule has 0 aliphatic heterocycles. The minimum Gasteiger partial charge on any atom is -0.380 e. The van der Waals surface area contributed by atoms with Crippen LogP contribution in [-0.2, 0) is 6.54 Å². The molecule has 1 nitrogen and oxygen atoms in total. The topological polar surface area (TPSA) is 12.0 Å². The molecule has 0 saturated heterocycles. The van der Waals surface area contributed by atoms with E-state index in [1.54, 1.807) is 0 Å². The Morgan fingerprint density at radius 1 is 0.900 bits per heavy atom. The third-order valence-corrected chi connectivity index (χ3v) is 4.11. The van der Waals surface area contributed by atoms with Gasteiger partial charge in [-0.15, -0.1) is 0 Å². The molecule has 0 aliphatic rings. The van der Waals surface area contributed by atoms with E-state index in [0.29, 0.717) is 0 Å². The van der Waals surface area contributed by atoms with Gasteiger partial charge in [0.25, 0.3) is 0 Å². The van der Waals surface area contributed by atoms with E-state index in [0.717, 1.165) is 16.7 Å². The molecule has 3 aromatic rings. The fourth-order valence-corrected chi connectivity index (χ4v) is 2.71. The van der Waals surface area contributed by atoms with Crippen LogP contribution in [0.2, 0.25) is 0 Å². The van der Waals surface area contributed by atoms with Gasteiger partial charge in [0.05, 0.1) is 0 Å². The van der Waals surface area contributed by atoms with Crippen LogP contribution in [-0.4, -0.2) is 0 Å². The van der Waals surface area contributed by atoms with E-state index in [9.17, 15) is 0 Å². The van der Waals surface area contributed by atoms with Crippen molar-refractivity contribution in [1.82, 2.24) is 0 Å². The maximum atomic E-state index is 3.58. The summed E-state index contributed by atoms with van der Waals surface area (Å²) in [6.07, 6.45) is 0. The van der Waals surface area contributed by atoms with Crippen LogP contribution in [0.3, 0.4) is 0 Å². The number of hydrogen-bond donors (Lipinski definition) is 1. The normalized spacial score (nSPS) is 10.7. The summed E-state index contributed by atoms with van der Waals surface area (Å²) >= 11 is 3.58. The lowest BCUT2D eigenvalue weighted by Gasteiger charge is -2.10. The van der Waals surface area contributed by atoms with Crippen LogP contribution in [0.1, 0.15) is 11.1 Å². The van der Waals surface area contributed by atoms with Gasteiger partial charge < -0.3 is 5.32 Å². The van der Waals surface area contributed by atoms with Gasteiger partial charge >= 0.3 is 0 Å². The second kappa shape index (κ2) is 5.68. The summed E-state index contributed by atoms with van der Waals surface area (Å²) in [5.74, 6) is 0. The molecular formula is C18H16BrN. The van der Waals surface area contributed by atoms with E-state index in [-0.39, 0.29) is 0 Å². The Morgan fingerprint density at radius 3 is 2.55 bits per heavy atom. The Kier molecular flexibility index (Phi) is 3.75. The highest BCUT2D eigenvalue weighted by Crippen LogP contribution is 2.24. The van der Waals surface area contributed by atoms with Gasteiger partial charge in [-0.2, -0.15) is 0 Å². The molecule has 2 heteroatoms. The van der Waals surface area contributed by atoms with Crippen LogP contribution in [0.4, 0.5) is 5.69 Å². The van der Waals surface area contributed by atoms with Crippen molar-refractivity contribution < 1.29 is 0 Å². The standard InChI is InChI=1S/C18H16BrN/c1-13-6-9-17(19)18(10-13)20-12-14-7-8-15-4-2-3-5-16(15)11-14/h2-11,20H,12H2,1H3. The van der Waals surface area contributed by atoms with Gasteiger partial charge in [0.1, 0.15) is 0 Å². The Bertz CT molecular complexity index is 749. The fourth-order valence-electron chi connectivity index (χ4n) is 2.32. The fraction of sp³-hybridized carbons (Fsp3) is 0.111. The van der Waals surface area contributed by atoms with Crippen molar-refractivity contribution in [3.8, 4) is 0 Å². The van der Waals surface area contributed by atoms with Crippen LogP contribution in [0, 0.1) is 6.92 Å². The van der Waals surface area contributed by atoms with Crippen LogP contribution >= 0.6 is 15.9 Å². The number of fused-ring (bicyclic) bond motifs is 1. The number of hydrogen-bond acceptors (Lipinski definition) is 1. The predicted molar refractivity (Wildman–Crippen MR) is 90.2 cm³/mol. The van der Waals surface area contributed by atoms with Gasteiger partial charge in [-0.3, -0.25) is 0 Å². The Labute approximate surface area is 127 Å². The number of anilines is 1. The first-order chi connectivity index (χ1) is 9.72. The lowest BCUT2D eigenvalue weighted by Crippen LogP contribution is -2.00. The molecule has 3 aromatic carbocycles. The molecule has 0 fully saturated rings. The van der Waals surface area contributed by atoms with Crippen molar-refractivity contribution in [2.24, 2.45) is 0 Å². The molecule has 0 saturated carbocycles. The zero-order chi connectivity index (χ0) is 13.9. The molecule has 0 bridgehead atoms. The van der Waals surface area contributed by atoms with Crippen molar-refractivity contribution in [2.45, 2.75) is 13.5 Å². The average molecular weight is 326 g/mol. The van der Waals surface area contributed by atoms with E-state index in [4.69, 9.17) is 0 Å². The van der Waals surface area contributed by atoms with Crippen molar-refractivity contribution in [2.75, 3.05) is 5.32 Å². The molecule has 0 spiro atoms. The van der Waals surface area contributed by atoms with E-state index in [1.165, 1.54) is 21.9 Å². The highest BCUT2D eigenvalue weighted by molar-refractivity contribution is 9.10. The average Bonchev–Trinajstić information content (AvgIpc) is 2.48. The van der Waals surface area contributed by atoms with Crippen LogP contribution < -0.4 is 5.32 Å². The molecule has 100 valence electrons. The van der Waals surface area contributed by atoms with E-state index in [2.05, 4.69) is 88.8 Å². The van der Waals surface area contributed by atoms with Crippen LogP contribution in [0.15, 0.2) is 65.1 Å². The summed E-state index contributed by atoms with van der Waals surface area (Å²) < 4.78 is 1.10. The van der Waals surface area contributed by atoms with Crippen molar-refractivity contribution in [3.63, 3.8) is 0 Å². The Hall–Kier alpha value is -1.80. The minimum absolute atomic E-state index is 0.826. The number of benzene rings is 3. The van der Waals surface area contributed by atoms with Crippen molar-refractivity contribution in [1.29, 1.82) is 0 Å². The molecule has 1 N–H and O–H groups in total. The van der Waals surface area contributed by atoms with E-state index >= 15 is 0 Å². The maximum absolute atomic E-state index is 3.58. The number of nitrogens with one attached hydrogen (secondary N) is 1. The second-order valence-corrected chi connectivity index (χ2v) is 5.87. The SMILES string of the molecule is Cc1ccc(Br)c(NCc2ccc3ccccc3c2)c1. The molecule has 0 aromatic heterocycles. The molecule has 0 heterocycles. The molecular weight excluding hydrogens is 310 g/mol. The van der Waals surface area contributed by atoms with Gasteiger partial charge in [0.15, 0.2) is 0 Å². The van der Waals surface area contributed by atoms with E-state index in [1.807, 2.05) is 0 Å². The Balaban J connectivity index is 1.81. The van der Waals surface area contributed by atoms with Gasteiger partial charge in [0, 0.05) is 16.7 Å². The third kappa shape index (κ3) is 2.86. The third-order valence-electron chi connectivity index (χ3n) is 3.42. The first kappa shape index (κ1) is 13.2. The highest BCUT2D eigenvalue weighted by atomic mass is 79.9. The zero-order valence-corrected chi connectivity index (χ0v) is 12.9. The number of aryl methyl sites for hydroxylation is 1. The van der Waals surface area contributed by atoms with E-state index < -0.39 is 0 Å². The quantitative estimate of drug-likeness (QED) is 0.668. The number of rotatable bonds is 3. The highest BCUT2D eigenvalue weighted by Gasteiger charge is 2.01. The summed E-state index contributed by atoms with van der Waals surface area (Å²) in [5.41, 5.74) is 3.68. The molecule has 0 unspecified atom stereocenters. The lowest BCUT2D eigenvalue weighted by molar-refractivity contribution is 1.15. The Morgan fingerprint density at radius 2 is 1.70 bits per heavy atom. The van der Waals surface area contributed by atoms with Crippen molar-refractivity contribution in [3.05, 3.63) is 76.3 Å². The van der Waals surface area contributed by atoms with Gasteiger partial charge in [0.2, 0.25) is 0 Å². The smallest absolute Gasteiger partial charge is 0.0489 e. The first-order valence-electron chi connectivity index (χ1n) is 6.70. The molecule has 0 radical (unpaired) electrons. The molecule has 3 rings (SSSR count). The second-order valence-electron chi connectivity index (χ2n) is 5.02. The van der Waals surface area contributed by atoms with Gasteiger partial charge in [-0.25, -0.2) is 0 Å². The minimum atomic E-state index is 0.826. The summed E-state index contributed by atoms with van der Waals surface area (Å²) in [5, 5.41) is 6.06. The lowest BCUT2D eigenvalue weighted by atomic mass is 10.1. The van der Waals surface area contributed by atoms with Gasteiger partial charge in [-0.05, 0) is 63.0 Å². The van der Waals surface area contributed by atoms with Gasteiger partial charge in [-0.1, -0.05) is 42.5 Å². The summed E-state index contributed by atoms with van der Waals surface area (Å²) in [4.78, 5) is 0. The monoisotopic (exact) mass is 325 g/mol. The summed E-state index contributed by atoms with van der Waals surface area (Å²) in [7, 11) is 0. The molecule has 0 atom stereocenters. The largest absolute Gasteiger partial charge is 0.380 e. The van der Waals surface area contributed by atoms with Crippen molar-refractivity contribution >= 4 is 32.4 Å².